The van der Waals surface area contributed by atoms with Crippen molar-refractivity contribution in [1.29, 1.82) is 0 Å². The minimum absolute atomic E-state index is 0.0197. The van der Waals surface area contributed by atoms with Gasteiger partial charge in [-0.3, -0.25) is 21.0 Å². The van der Waals surface area contributed by atoms with Crippen molar-refractivity contribution in [3.63, 3.8) is 0 Å². The van der Waals surface area contributed by atoms with Gasteiger partial charge in [0.1, 0.15) is 5.69 Å². The molecule has 26 heavy (non-hydrogen) atoms. The average Bonchev–Trinajstić information content (AvgIpc) is 2.54. The van der Waals surface area contributed by atoms with Crippen molar-refractivity contribution in [3.05, 3.63) is 56.6 Å². The molecule has 0 fully saturated rings. The molecule has 0 saturated heterocycles. The van der Waals surface area contributed by atoms with Crippen molar-refractivity contribution in [2.45, 2.75) is 4.90 Å². The van der Waals surface area contributed by atoms with E-state index in [1.165, 1.54) is 12.1 Å². The first kappa shape index (κ1) is 20.1. The third kappa shape index (κ3) is 5.16. The van der Waals surface area contributed by atoms with Crippen molar-refractivity contribution < 1.29 is 13.3 Å². The third-order valence-electron chi connectivity index (χ3n) is 2.98. The molecule has 0 bridgehead atoms. The maximum Gasteiger partial charge on any atom is 0.295 e. The van der Waals surface area contributed by atoms with Crippen LogP contribution in [0.1, 0.15) is 0 Å². The second kappa shape index (κ2) is 8.01. The molecule has 0 saturated carbocycles. The maximum atomic E-state index is 11.3. The molecule has 0 unspecified atom stereocenters. The number of nitro benzene ring substituents is 1. The fourth-order valence-corrected chi connectivity index (χ4v) is 2.96. The van der Waals surface area contributed by atoms with Crippen LogP contribution < -0.4 is 21.3 Å². The zero-order valence-corrected chi connectivity index (χ0v) is 15.8. The largest absolute Gasteiger partial charge is 0.330 e. The minimum Gasteiger partial charge on any atom is -0.330 e. The predicted molar refractivity (Wildman–Crippen MR) is 104 cm³/mol. The van der Waals surface area contributed by atoms with Gasteiger partial charge in [-0.05, 0) is 42.5 Å². The summed E-state index contributed by atoms with van der Waals surface area (Å²) < 4.78 is 22.6. The number of thiocarbonyl (C=S) groups is 1. The van der Waals surface area contributed by atoms with Gasteiger partial charge in [-0.25, -0.2) is 13.6 Å². The lowest BCUT2D eigenvalue weighted by Crippen LogP contribution is -2.33. The van der Waals surface area contributed by atoms with E-state index in [-0.39, 0.29) is 15.7 Å². The van der Waals surface area contributed by atoms with Gasteiger partial charge in [0.15, 0.2) is 5.11 Å². The van der Waals surface area contributed by atoms with Gasteiger partial charge >= 0.3 is 0 Å². The summed E-state index contributed by atoms with van der Waals surface area (Å²) in [7, 11) is -4.07. The van der Waals surface area contributed by atoms with Crippen LogP contribution in [0, 0.1) is 10.1 Å². The Balaban J connectivity index is 2.13. The number of hydrazine groups is 1. The number of halogens is 2. The number of nitrogens with one attached hydrogen (secondary N) is 3. The summed E-state index contributed by atoms with van der Waals surface area (Å²) in [6, 6.07) is 7.86. The van der Waals surface area contributed by atoms with Gasteiger partial charge < -0.3 is 5.32 Å². The zero-order chi connectivity index (χ0) is 19.5. The highest BCUT2D eigenvalue weighted by atomic mass is 35.5. The van der Waals surface area contributed by atoms with Gasteiger partial charge in [0.25, 0.3) is 5.69 Å². The second-order valence-electron chi connectivity index (χ2n) is 4.81. The lowest BCUT2D eigenvalue weighted by atomic mass is 10.3. The first-order valence-electron chi connectivity index (χ1n) is 6.67. The number of nitro groups is 1. The zero-order valence-electron chi connectivity index (χ0n) is 12.7. The summed E-state index contributed by atoms with van der Waals surface area (Å²) in [4.78, 5) is 9.99. The summed E-state index contributed by atoms with van der Waals surface area (Å²) in [6.45, 7) is 0. The van der Waals surface area contributed by atoms with Crippen molar-refractivity contribution >= 4 is 67.6 Å². The third-order valence-corrected chi connectivity index (χ3v) is 4.65. The number of rotatable bonds is 5. The van der Waals surface area contributed by atoms with E-state index in [0.29, 0.717) is 15.7 Å². The predicted octanol–water partition coefficient (Wildman–Crippen LogP) is 2.86. The van der Waals surface area contributed by atoms with E-state index in [1.54, 1.807) is 12.1 Å². The van der Waals surface area contributed by atoms with Gasteiger partial charge in [0, 0.05) is 11.1 Å². The molecule has 0 amide bonds. The fourth-order valence-electron chi connectivity index (χ4n) is 1.81. The molecule has 0 aromatic heterocycles. The Morgan fingerprint density at radius 3 is 2.38 bits per heavy atom. The van der Waals surface area contributed by atoms with Crippen LogP contribution >= 0.6 is 35.4 Å². The number of primary sulfonamides is 1. The molecule has 9 nitrogen and oxygen atoms in total. The average molecular weight is 436 g/mol. The Bertz CT molecular complexity index is 984. The first-order valence-corrected chi connectivity index (χ1v) is 9.38. The highest BCUT2D eigenvalue weighted by molar-refractivity contribution is 7.89. The van der Waals surface area contributed by atoms with Gasteiger partial charge in [0.2, 0.25) is 10.0 Å². The van der Waals surface area contributed by atoms with Gasteiger partial charge in [-0.1, -0.05) is 23.2 Å². The SMILES string of the molecule is NS(=O)(=O)c1ccc(NNC(=S)Nc2ccc(Cl)cc2Cl)c([N+](=O)[O-])c1. The molecule has 138 valence electrons. The van der Waals surface area contributed by atoms with Gasteiger partial charge in [0.05, 0.1) is 20.5 Å². The second-order valence-corrected chi connectivity index (χ2v) is 7.62. The number of nitrogens with zero attached hydrogens (tertiary/aromatic N) is 1. The van der Waals surface area contributed by atoms with Crippen molar-refractivity contribution in [3.8, 4) is 0 Å². The number of nitrogens with two attached hydrogens (primary N) is 1. The van der Waals surface area contributed by atoms with Crippen LogP contribution in [0.3, 0.4) is 0 Å². The molecule has 0 aliphatic heterocycles. The summed E-state index contributed by atoms with van der Waals surface area (Å²) >= 11 is 16.9. The Labute approximate surface area is 163 Å². The first-order chi connectivity index (χ1) is 12.1. The molecule has 0 atom stereocenters. The van der Waals surface area contributed by atoms with E-state index >= 15 is 0 Å². The van der Waals surface area contributed by atoms with Crippen LogP contribution in [0.15, 0.2) is 41.3 Å². The standard InChI is InChI=1S/C13H11Cl2N5O4S2/c14-7-1-3-10(9(15)5-7)17-13(25)19-18-11-4-2-8(26(16,23)24)6-12(11)20(21)22/h1-6,18H,(H2,16,23,24)(H2,17,19,25). The molecule has 0 radical (unpaired) electrons. The molecular weight excluding hydrogens is 425 g/mol. The molecule has 5 N–H and O–H groups in total. The van der Waals surface area contributed by atoms with Crippen molar-refractivity contribution in [2.24, 2.45) is 5.14 Å². The lowest BCUT2D eigenvalue weighted by Gasteiger charge is -2.14. The number of sulfonamides is 1. The number of benzene rings is 2. The van der Waals surface area contributed by atoms with Crippen LogP contribution in [0.2, 0.25) is 10.0 Å². The number of anilines is 2. The highest BCUT2D eigenvalue weighted by Crippen LogP contribution is 2.27. The van der Waals surface area contributed by atoms with Crippen molar-refractivity contribution in [1.82, 2.24) is 5.43 Å². The summed E-state index contributed by atoms with van der Waals surface area (Å²) in [5.74, 6) is 0. The molecule has 0 spiro atoms. The van der Waals surface area contributed by atoms with E-state index in [1.807, 2.05) is 0 Å². The van der Waals surface area contributed by atoms with Crippen LogP contribution in [-0.2, 0) is 10.0 Å². The minimum atomic E-state index is -4.07. The normalized spacial score (nSPS) is 10.9. The molecule has 0 aliphatic rings. The smallest absolute Gasteiger partial charge is 0.295 e. The van der Waals surface area contributed by atoms with Crippen LogP contribution in [-0.4, -0.2) is 18.5 Å². The quantitative estimate of drug-likeness (QED) is 0.319. The molecule has 0 aliphatic carbocycles. The Morgan fingerprint density at radius 2 is 1.81 bits per heavy atom. The molecular formula is C13H11Cl2N5O4S2. The fraction of sp³-hybridized carbons (Fsp3) is 0. The van der Waals surface area contributed by atoms with Crippen molar-refractivity contribution in [2.75, 3.05) is 10.7 Å². The molecule has 13 heteroatoms. The Kier molecular flexibility index (Phi) is 6.21. The molecule has 2 rings (SSSR count). The van der Waals surface area contributed by atoms with E-state index in [0.717, 1.165) is 12.1 Å². The van der Waals surface area contributed by atoms with Gasteiger partial charge in [-0.2, -0.15) is 0 Å². The molecule has 2 aromatic rings. The summed E-state index contributed by atoms with van der Waals surface area (Å²) in [6.07, 6.45) is 0. The van der Waals surface area contributed by atoms with Crippen LogP contribution in [0.4, 0.5) is 17.1 Å². The topological polar surface area (TPSA) is 139 Å². The summed E-state index contributed by atoms with van der Waals surface area (Å²) in [5, 5.41) is 19.7. The monoisotopic (exact) mass is 435 g/mol. The lowest BCUT2D eigenvalue weighted by molar-refractivity contribution is -0.384. The van der Waals surface area contributed by atoms with E-state index in [4.69, 9.17) is 40.6 Å². The molecule has 0 heterocycles. The molecule has 2 aromatic carbocycles. The highest BCUT2D eigenvalue weighted by Gasteiger charge is 2.19. The number of hydrogen-bond donors (Lipinski definition) is 4. The van der Waals surface area contributed by atoms with E-state index in [2.05, 4.69) is 16.2 Å². The Morgan fingerprint density at radius 1 is 1.15 bits per heavy atom. The van der Waals surface area contributed by atoms with E-state index < -0.39 is 20.6 Å². The van der Waals surface area contributed by atoms with Crippen LogP contribution in [0.5, 0.6) is 0 Å². The van der Waals surface area contributed by atoms with Crippen LogP contribution in [0.25, 0.3) is 0 Å². The summed E-state index contributed by atoms with van der Waals surface area (Å²) in [5.41, 5.74) is 5.00. The number of hydrogen-bond acceptors (Lipinski definition) is 6. The Hall–Kier alpha value is -2.18. The van der Waals surface area contributed by atoms with E-state index in [9.17, 15) is 18.5 Å². The maximum absolute atomic E-state index is 11.3. The van der Waals surface area contributed by atoms with Gasteiger partial charge in [-0.15, -0.1) is 0 Å².